The lowest BCUT2D eigenvalue weighted by Gasteiger charge is -2.41. The van der Waals surface area contributed by atoms with Crippen LogP contribution in [0.25, 0.3) is 0 Å². The number of amides is 1. The van der Waals surface area contributed by atoms with Crippen molar-refractivity contribution < 1.29 is 19.1 Å². The van der Waals surface area contributed by atoms with Crippen LogP contribution in [-0.4, -0.2) is 48.8 Å². The van der Waals surface area contributed by atoms with E-state index in [1.165, 1.54) is 6.92 Å². The number of ether oxygens (including phenoxy) is 2. The van der Waals surface area contributed by atoms with Gasteiger partial charge >= 0.3 is 5.97 Å². The Balaban J connectivity index is 3.15. The second-order valence-corrected chi connectivity index (χ2v) is 7.60. The van der Waals surface area contributed by atoms with Crippen molar-refractivity contribution >= 4 is 11.9 Å². The van der Waals surface area contributed by atoms with Crippen molar-refractivity contribution in [2.45, 2.75) is 90.6 Å². The van der Waals surface area contributed by atoms with Crippen LogP contribution in [0.3, 0.4) is 0 Å². The Bertz CT molecular complexity index is 506. The summed E-state index contributed by atoms with van der Waals surface area (Å²) >= 11 is 0. The highest BCUT2D eigenvalue weighted by molar-refractivity contribution is 5.77. The molecule has 1 unspecified atom stereocenters. The van der Waals surface area contributed by atoms with Gasteiger partial charge in [-0.1, -0.05) is 25.5 Å². The summed E-state index contributed by atoms with van der Waals surface area (Å²) in [7, 11) is 1.68. The number of hydrogen-bond acceptors (Lipinski definition) is 5. The van der Waals surface area contributed by atoms with Crippen LogP contribution in [0.2, 0.25) is 0 Å². The van der Waals surface area contributed by atoms with Crippen LogP contribution in [0.4, 0.5) is 0 Å². The molecular weight excluding hydrogens is 332 g/mol. The van der Waals surface area contributed by atoms with Gasteiger partial charge in [0, 0.05) is 20.1 Å². The van der Waals surface area contributed by atoms with E-state index in [9.17, 15) is 9.59 Å². The van der Waals surface area contributed by atoms with Gasteiger partial charge in [0.25, 0.3) is 0 Å². The summed E-state index contributed by atoms with van der Waals surface area (Å²) in [5.74, 6) is -0.246. The number of carbonyl (C=O) groups excluding carboxylic acids is 2. The molecule has 5 atom stereocenters. The average Bonchev–Trinajstić information content (AvgIpc) is 2.96. The molecule has 0 aromatic rings. The van der Waals surface area contributed by atoms with Gasteiger partial charge in [-0.15, -0.1) is 0 Å². The molecule has 26 heavy (non-hydrogen) atoms. The predicted molar refractivity (Wildman–Crippen MR) is 103 cm³/mol. The summed E-state index contributed by atoms with van der Waals surface area (Å²) < 4.78 is 11.2. The molecule has 1 aliphatic rings. The molecule has 2 N–H and O–H groups in total. The van der Waals surface area contributed by atoms with Crippen molar-refractivity contribution in [1.29, 1.82) is 0 Å². The zero-order chi connectivity index (χ0) is 19.9. The first-order valence-corrected chi connectivity index (χ1v) is 9.60. The van der Waals surface area contributed by atoms with Crippen LogP contribution in [-0.2, 0) is 19.1 Å². The third kappa shape index (κ3) is 5.81. The Kier molecular flexibility index (Phi) is 8.77. The molecule has 0 saturated carbocycles. The normalized spacial score (nSPS) is 26.7. The first-order valence-electron chi connectivity index (χ1n) is 9.60. The maximum absolute atomic E-state index is 12.4. The molecule has 0 radical (unpaired) electrons. The van der Waals surface area contributed by atoms with E-state index in [0.29, 0.717) is 6.42 Å². The van der Waals surface area contributed by atoms with Gasteiger partial charge in [-0.3, -0.25) is 14.9 Å². The van der Waals surface area contributed by atoms with Crippen LogP contribution in [0.15, 0.2) is 12.2 Å². The highest BCUT2D eigenvalue weighted by Gasteiger charge is 2.47. The number of nitrogens with one attached hydrogen (secondary N) is 2. The lowest BCUT2D eigenvalue weighted by molar-refractivity contribution is -0.149. The smallest absolute Gasteiger partial charge is 0.323 e. The highest BCUT2D eigenvalue weighted by Crippen LogP contribution is 2.33. The van der Waals surface area contributed by atoms with Gasteiger partial charge in [0.1, 0.15) is 6.04 Å². The molecule has 6 heteroatoms. The Morgan fingerprint density at radius 3 is 2.50 bits per heavy atom. The quantitative estimate of drug-likeness (QED) is 0.483. The minimum atomic E-state index is -0.533. The van der Waals surface area contributed by atoms with Crippen LogP contribution in [0, 0.1) is 5.92 Å². The molecule has 1 heterocycles. The van der Waals surface area contributed by atoms with E-state index in [4.69, 9.17) is 9.47 Å². The van der Waals surface area contributed by atoms with Crippen LogP contribution in [0.1, 0.15) is 60.8 Å². The van der Waals surface area contributed by atoms with Crippen molar-refractivity contribution in [3.05, 3.63) is 12.2 Å². The first-order chi connectivity index (χ1) is 12.2. The molecule has 150 valence electrons. The van der Waals surface area contributed by atoms with E-state index in [-0.39, 0.29) is 42.0 Å². The number of carbonyl (C=O) groups is 2. The van der Waals surface area contributed by atoms with Crippen molar-refractivity contribution in [1.82, 2.24) is 10.6 Å². The molecule has 1 rings (SSSR count). The van der Waals surface area contributed by atoms with Gasteiger partial charge < -0.3 is 14.8 Å². The molecule has 6 nitrogen and oxygen atoms in total. The number of allylic oxidation sites excluding steroid dienone is 1. The Hall–Kier alpha value is -1.40. The summed E-state index contributed by atoms with van der Waals surface area (Å²) in [6, 6.07) is -0.762. The van der Waals surface area contributed by atoms with E-state index < -0.39 is 5.60 Å². The first kappa shape index (κ1) is 22.6. The lowest BCUT2D eigenvalue weighted by atomic mass is 9.81. The van der Waals surface area contributed by atoms with Gasteiger partial charge in [-0.25, -0.2) is 0 Å². The Morgan fingerprint density at radius 2 is 2.04 bits per heavy atom. The Labute approximate surface area is 158 Å². The summed E-state index contributed by atoms with van der Waals surface area (Å²) in [6.45, 7) is 11.3. The van der Waals surface area contributed by atoms with Crippen molar-refractivity contribution in [2.75, 3.05) is 7.11 Å². The van der Waals surface area contributed by atoms with Gasteiger partial charge in [0.15, 0.2) is 0 Å². The molecule has 0 spiro atoms. The van der Waals surface area contributed by atoms with E-state index in [0.717, 1.165) is 12.8 Å². The summed E-state index contributed by atoms with van der Waals surface area (Å²) in [5, 5.41) is 6.49. The molecular formula is C20H36N2O4. The Morgan fingerprint density at radius 1 is 1.38 bits per heavy atom. The number of rotatable bonds is 9. The largest absolute Gasteiger partial charge is 0.462 e. The van der Waals surface area contributed by atoms with Crippen LogP contribution < -0.4 is 10.6 Å². The lowest BCUT2D eigenvalue weighted by Crippen LogP contribution is -2.62. The zero-order valence-electron chi connectivity index (χ0n) is 17.3. The maximum atomic E-state index is 12.4. The van der Waals surface area contributed by atoms with Crippen LogP contribution >= 0.6 is 0 Å². The second kappa shape index (κ2) is 10.1. The molecule has 0 aromatic carbocycles. The molecule has 1 aliphatic heterocycles. The standard InChI is InChI=1S/C20H36N2O4/c1-8-10-15-12-16(19(24)26-13(3)4)22-17(15)18(21-14(5)23)20(6,25-7)11-9-2/h8,10,13,15-18,22H,9,11-12H2,1-7H3,(H,21,23)/t15?,16-,17-,18-,20+/m1/s1. The summed E-state index contributed by atoms with van der Waals surface area (Å²) in [6.07, 6.45) is 6.31. The van der Waals surface area contributed by atoms with Gasteiger partial charge in [-0.05, 0) is 46.5 Å². The third-order valence-corrected chi connectivity index (χ3v) is 5.03. The zero-order valence-corrected chi connectivity index (χ0v) is 17.3. The number of methoxy groups -OCH3 is 1. The fourth-order valence-corrected chi connectivity index (χ4v) is 3.83. The fraction of sp³-hybridized carbons (Fsp3) is 0.800. The molecule has 0 aromatic heterocycles. The summed E-state index contributed by atoms with van der Waals surface area (Å²) in [4.78, 5) is 24.3. The predicted octanol–water partition coefficient (Wildman–Crippen LogP) is 2.57. The van der Waals surface area contributed by atoms with E-state index >= 15 is 0 Å². The SMILES string of the molecule is CC=CC1C[C@H](C(=O)OC(C)C)N[C@H]1[C@@H](NC(C)=O)[C@](C)(CCC)OC. The van der Waals surface area contributed by atoms with E-state index in [1.54, 1.807) is 7.11 Å². The van der Waals surface area contributed by atoms with Gasteiger partial charge in [-0.2, -0.15) is 0 Å². The van der Waals surface area contributed by atoms with Crippen LogP contribution in [0.5, 0.6) is 0 Å². The second-order valence-electron chi connectivity index (χ2n) is 7.60. The number of esters is 1. The van der Waals surface area contributed by atoms with E-state index in [2.05, 4.69) is 23.6 Å². The minimum Gasteiger partial charge on any atom is -0.462 e. The molecule has 1 fully saturated rings. The summed E-state index contributed by atoms with van der Waals surface area (Å²) in [5.41, 5.74) is -0.533. The maximum Gasteiger partial charge on any atom is 0.323 e. The molecule has 1 amide bonds. The highest BCUT2D eigenvalue weighted by atomic mass is 16.5. The van der Waals surface area contributed by atoms with Gasteiger partial charge in [0.2, 0.25) is 5.91 Å². The topological polar surface area (TPSA) is 76.7 Å². The molecule has 1 saturated heterocycles. The van der Waals surface area contributed by atoms with Crippen molar-refractivity contribution in [3.8, 4) is 0 Å². The minimum absolute atomic E-state index is 0.105. The van der Waals surface area contributed by atoms with E-state index in [1.807, 2.05) is 33.8 Å². The van der Waals surface area contributed by atoms with Crippen molar-refractivity contribution in [2.24, 2.45) is 5.92 Å². The molecule has 0 bridgehead atoms. The van der Waals surface area contributed by atoms with Crippen molar-refractivity contribution in [3.63, 3.8) is 0 Å². The number of hydrogen-bond donors (Lipinski definition) is 2. The third-order valence-electron chi connectivity index (χ3n) is 5.03. The molecule has 0 aliphatic carbocycles. The fourth-order valence-electron chi connectivity index (χ4n) is 3.83. The monoisotopic (exact) mass is 368 g/mol. The van der Waals surface area contributed by atoms with Gasteiger partial charge in [0.05, 0.1) is 17.7 Å². The average molecular weight is 369 g/mol.